The minimum absolute atomic E-state index is 0. The fraction of sp³-hybridized carbons (Fsp3) is 0.538. The Labute approximate surface area is 137 Å². The molecule has 6 nitrogen and oxygen atoms in total. The Morgan fingerprint density at radius 2 is 2.14 bits per heavy atom. The number of nitrogens with zero attached hydrogens (tertiary/aromatic N) is 2. The van der Waals surface area contributed by atoms with Crippen molar-refractivity contribution >= 4 is 36.5 Å². The van der Waals surface area contributed by atoms with Gasteiger partial charge in [0.15, 0.2) is 0 Å². The molecule has 1 amide bonds. The Kier molecular flexibility index (Phi) is 9.28. The maximum Gasteiger partial charge on any atom is 0.255 e. The van der Waals surface area contributed by atoms with Gasteiger partial charge in [0.05, 0.1) is 18.8 Å². The quantitative estimate of drug-likeness (QED) is 0.851. The number of halogens is 2. The number of carbonyl (C=O) groups is 1. The van der Waals surface area contributed by atoms with E-state index in [-0.39, 0.29) is 36.8 Å². The van der Waals surface area contributed by atoms with Gasteiger partial charge in [0.25, 0.3) is 5.91 Å². The fourth-order valence-electron chi connectivity index (χ4n) is 1.96. The van der Waals surface area contributed by atoms with Gasteiger partial charge in [-0.3, -0.25) is 4.79 Å². The molecule has 0 unspecified atom stereocenters. The molecule has 3 N–H and O–H groups in total. The molecule has 1 aromatic rings. The Hall–Kier alpha value is -1.08. The predicted molar refractivity (Wildman–Crippen MR) is 87.7 cm³/mol. The van der Waals surface area contributed by atoms with Crippen LogP contribution < -0.4 is 16.0 Å². The minimum Gasteiger partial charge on any atom is -0.378 e. The first-order chi connectivity index (χ1) is 9.22. The number of ether oxygens (including phenoxy) is 1. The van der Waals surface area contributed by atoms with Gasteiger partial charge >= 0.3 is 0 Å². The summed E-state index contributed by atoms with van der Waals surface area (Å²) in [7, 11) is 0. The van der Waals surface area contributed by atoms with E-state index in [1.807, 2.05) is 6.92 Å². The van der Waals surface area contributed by atoms with E-state index in [4.69, 9.17) is 10.5 Å². The zero-order valence-electron chi connectivity index (χ0n) is 11.9. The Morgan fingerprint density at radius 3 is 2.76 bits per heavy atom. The normalized spacial score (nSPS) is 15.4. The molecule has 0 aromatic carbocycles. The van der Waals surface area contributed by atoms with E-state index in [0.717, 1.165) is 13.1 Å². The summed E-state index contributed by atoms with van der Waals surface area (Å²) < 4.78 is 5.32. The summed E-state index contributed by atoms with van der Waals surface area (Å²) in [5.41, 5.74) is 6.11. The van der Waals surface area contributed by atoms with Gasteiger partial charge in [-0.05, 0) is 19.1 Å². The van der Waals surface area contributed by atoms with Crippen LogP contribution in [0.1, 0.15) is 17.3 Å². The van der Waals surface area contributed by atoms with Crippen molar-refractivity contribution in [3.63, 3.8) is 0 Å². The van der Waals surface area contributed by atoms with E-state index in [0.29, 0.717) is 31.1 Å². The van der Waals surface area contributed by atoms with Crippen LogP contribution in [0, 0.1) is 0 Å². The van der Waals surface area contributed by atoms with Crippen LogP contribution in [0.25, 0.3) is 0 Å². The van der Waals surface area contributed by atoms with Gasteiger partial charge in [-0.1, -0.05) is 0 Å². The van der Waals surface area contributed by atoms with E-state index in [2.05, 4.69) is 15.2 Å². The second-order valence-corrected chi connectivity index (χ2v) is 4.58. The lowest BCUT2D eigenvalue weighted by atomic mass is 10.2. The molecular weight excluding hydrogens is 315 g/mol. The third-order valence-corrected chi connectivity index (χ3v) is 3.07. The van der Waals surface area contributed by atoms with Crippen molar-refractivity contribution in [3.8, 4) is 0 Å². The average molecular weight is 337 g/mol. The highest BCUT2D eigenvalue weighted by Gasteiger charge is 2.20. The number of rotatable bonds is 4. The Balaban J connectivity index is 0.00000200. The molecule has 1 aliphatic rings. The highest BCUT2D eigenvalue weighted by Crippen LogP contribution is 2.18. The average Bonchev–Trinajstić information content (AvgIpc) is 2.48. The molecule has 1 aromatic heterocycles. The first-order valence-electron chi connectivity index (χ1n) is 6.51. The number of aromatic nitrogens is 1. The topological polar surface area (TPSA) is 80.5 Å². The van der Waals surface area contributed by atoms with Crippen molar-refractivity contribution < 1.29 is 9.53 Å². The summed E-state index contributed by atoms with van der Waals surface area (Å²) in [4.78, 5) is 18.6. The molecule has 1 aliphatic heterocycles. The smallest absolute Gasteiger partial charge is 0.255 e. The van der Waals surface area contributed by atoms with Crippen molar-refractivity contribution in [3.05, 3.63) is 23.9 Å². The lowest BCUT2D eigenvalue weighted by molar-refractivity contribution is 0.0939. The molecule has 120 valence electrons. The van der Waals surface area contributed by atoms with Gasteiger partial charge in [-0.15, -0.1) is 24.8 Å². The van der Waals surface area contributed by atoms with Crippen LogP contribution in [0.15, 0.2) is 18.3 Å². The molecule has 2 heterocycles. The summed E-state index contributed by atoms with van der Waals surface area (Å²) >= 11 is 0. The third kappa shape index (κ3) is 5.32. The van der Waals surface area contributed by atoms with Crippen molar-refractivity contribution in [1.29, 1.82) is 0 Å². The van der Waals surface area contributed by atoms with Gasteiger partial charge in [-0.25, -0.2) is 4.98 Å². The maximum atomic E-state index is 12.2. The van der Waals surface area contributed by atoms with E-state index in [9.17, 15) is 4.79 Å². The van der Waals surface area contributed by atoms with E-state index in [1.54, 1.807) is 18.3 Å². The second-order valence-electron chi connectivity index (χ2n) is 4.58. The number of morpholine rings is 1. The van der Waals surface area contributed by atoms with Crippen LogP contribution in [0.3, 0.4) is 0 Å². The predicted octanol–water partition coefficient (Wildman–Crippen LogP) is 0.839. The highest BCUT2D eigenvalue weighted by molar-refractivity contribution is 5.99. The third-order valence-electron chi connectivity index (χ3n) is 3.07. The summed E-state index contributed by atoms with van der Waals surface area (Å²) in [5, 5.41) is 2.86. The van der Waals surface area contributed by atoms with Crippen LogP contribution >= 0.6 is 24.8 Å². The number of anilines is 1. The zero-order valence-corrected chi connectivity index (χ0v) is 13.6. The molecule has 0 radical (unpaired) electrons. The molecule has 0 aliphatic carbocycles. The first kappa shape index (κ1) is 19.9. The van der Waals surface area contributed by atoms with E-state index >= 15 is 0 Å². The lowest BCUT2D eigenvalue weighted by Crippen LogP contribution is -2.41. The molecule has 0 spiro atoms. The largest absolute Gasteiger partial charge is 0.378 e. The number of hydrogen-bond acceptors (Lipinski definition) is 5. The number of hydrogen-bond donors (Lipinski definition) is 2. The summed E-state index contributed by atoms with van der Waals surface area (Å²) in [6.45, 7) is 5.13. The molecule has 0 saturated carbocycles. The zero-order chi connectivity index (χ0) is 13.7. The van der Waals surface area contributed by atoms with Crippen molar-refractivity contribution in [2.75, 3.05) is 37.7 Å². The molecule has 2 rings (SSSR count). The summed E-state index contributed by atoms with van der Waals surface area (Å²) in [6, 6.07) is 3.51. The SMILES string of the molecule is C[C@@H](CN)NC(=O)c1cccnc1N1CCOCC1.Cl.Cl. The van der Waals surface area contributed by atoms with Crippen LogP contribution in [0.2, 0.25) is 0 Å². The summed E-state index contributed by atoms with van der Waals surface area (Å²) in [5.74, 6) is 0.583. The Bertz CT molecular complexity index is 442. The number of amides is 1. The maximum absolute atomic E-state index is 12.2. The van der Waals surface area contributed by atoms with Gasteiger partial charge in [0.2, 0.25) is 0 Å². The van der Waals surface area contributed by atoms with Crippen LogP contribution in [-0.4, -0.2) is 49.8 Å². The second kappa shape index (κ2) is 9.78. The van der Waals surface area contributed by atoms with Gasteiger partial charge in [-0.2, -0.15) is 0 Å². The monoisotopic (exact) mass is 336 g/mol. The number of carbonyl (C=O) groups excluding carboxylic acids is 1. The first-order valence-corrected chi connectivity index (χ1v) is 6.51. The molecule has 1 fully saturated rings. The fourth-order valence-corrected chi connectivity index (χ4v) is 1.96. The molecule has 8 heteroatoms. The molecule has 1 atom stereocenters. The van der Waals surface area contributed by atoms with Crippen LogP contribution in [0.5, 0.6) is 0 Å². The summed E-state index contributed by atoms with van der Waals surface area (Å²) in [6.07, 6.45) is 1.70. The number of nitrogens with one attached hydrogen (secondary N) is 1. The lowest BCUT2D eigenvalue weighted by Gasteiger charge is -2.29. The highest BCUT2D eigenvalue weighted by atomic mass is 35.5. The molecular formula is C13H22Cl2N4O2. The molecule has 0 bridgehead atoms. The number of pyridine rings is 1. The van der Waals surface area contributed by atoms with Gasteiger partial charge < -0.3 is 20.7 Å². The number of nitrogens with two attached hydrogens (primary N) is 1. The van der Waals surface area contributed by atoms with E-state index in [1.165, 1.54) is 0 Å². The van der Waals surface area contributed by atoms with Crippen LogP contribution in [-0.2, 0) is 4.74 Å². The van der Waals surface area contributed by atoms with Gasteiger partial charge in [0.1, 0.15) is 5.82 Å². The Morgan fingerprint density at radius 1 is 1.48 bits per heavy atom. The van der Waals surface area contributed by atoms with Crippen LogP contribution in [0.4, 0.5) is 5.82 Å². The standard InChI is InChI=1S/C13H20N4O2.2ClH/c1-10(9-14)16-13(18)11-3-2-4-15-12(11)17-5-7-19-8-6-17;;/h2-4,10H,5-9,14H2,1H3,(H,16,18);2*1H/t10-;;/m0../s1. The molecule has 1 saturated heterocycles. The van der Waals surface area contributed by atoms with E-state index < -0.39 is 0 Å². The van der Waals surface area contributed by atoms with Gasteiger partial charge in [0, 0.05) is 31.9 Å². The molecule has 21 heavy (non-hydrogen) atoms. The van der Waals surface area contributed by atoms with Crippen molar-refractivity contribution in [2.24, 2.45) is 5.73 Å². The van der Waals surface area contributed by atoms with Crippen molar-refractivity contribution in [1.82, 2.24) is 10.3 Å². The van der Waals surface area contributed by atoms with Crippen molar-refractivity contribution in [2.45, 2.75) is 13.0 Å². The minimum atomic E-state index is -0.132.